The fourth-order valence-electron chi connectivity index (χ4n) is 4.40. The predicted octanol–water partition coefficient (Wildman–Crippen LogP) is 4.10. The van der Waals surface area contributed by atoms with Crippen molar-refractivity contribution in [3.8, 4) is 11.5 Å². The van der Waals surface area contributed by atoms with Gasteiger partial charge in [-0.2, -0.15) is 0 Å². The third kappa shape index (κ3) is 2.81. The zero-order chi connectivity index (χ0) is 21.6. The van der Waals surface area contributed by atoms with E-state index in [1.165, 1.54) is 6.08 Å². The van der Waals surface area contributed by atoms with Gasteiger partial charge < -0.3 is 9.47 Å². The molecule has 2 aliphatic rings. The number of benzene rings is 3. The highest BCUT2D eigenvalue weighted by Gasteiger charge is 2.55. The van der Waals surface area contributed by atoms with Crippen molar-refractivity contribution in [1.82, 2.24) is 0 Å². The maximum Gasteiger partial charge on any atom is 0.327 e. The summed E-state index contributed by atoms with van der Waals surface area (Å²) < 4.78 is 10.8. The first kappa shape index (κ1) is 19.0. The number of ketones is 2. The second-order valence-electron chi connectivity index (χ2n) is 7.61. The second-order valence-corrected chi connectivity index (χ2v) is 7.61. The van der Waals surface area contributed by atoms with Crippen LogP contribution in [0.15, 0.2) is 84.4 Å². The van der Waals surface area contributed by atoms with Crippen LogP contribution >= 0.6 is 0 Å². The van der Waals surface area contributed by atoms with Gasteiger partial charge in [-0.3, -0.25) is 14.4 Å². The van der Waals surface area contributed by atoms with E-state index in [1.54, 1.807) is 67.8 Å². The van der Waals surface area contributed by atoms with Crippen molar-refractivity contribution in [2.24, 2.45) is 0 Å². The molecule has 0 amide bonds. The SMILES string of the molecule is COc1ccc(C[C@@]2(C3=CC(=O)c4ccccc4C3=O)C(=O)Oc3ccccc32)cc1. The van der Waals surface area contributed by atoms with Crippen LogP contribution in [0.1, 0.15) is 31.8 Å². The Bertz CT molecular complexity index is 1270. The molecule has 0 aromatic heterocycles. The smallest absolute Gasteiger partial charge is 0.327 e. The molecule has 0 saturated carbocycles. The molecule has 5 nitrogen and oxygen atoms in total. The summed E-state index contributed by atoms with van der Waals surface area (Å²) in [6.07, 6.45) is 1.48. The molecule has 0 bridgehead atoms. The summed E-state index contributed by atoms with van der Waals surface area (Å²) in [5, 5.41) is 0. The van der Waals surface area contributed by atoms with Gasteiger partial charge >= 0.3 is 5.97 Å². The summed E-state index contributed by atoms with van der Waals surface area (Å²) >= 11 is 0. The number of para-hydroxylation sites is 1. The van der Waals surface area contributed by atoms with Gasteiger partial charge in [0, 0.05) is 22.3 Å². The van der Waals surface area contributed by atoms with Gasteiger partial charge in [-0.15, -0.1) is 0 Å². The minimum Gasteiger partial charge on any atom is -0.497 e. The van der Waals surface area contributed by atoms with Crippen LogP contribution < -0.4 is 9.47 Å². The molecule has 1 aliphatic heterocycles. The first-order valence-electron chi connectivity index (χ1n) is 9.89. The van der Waals surface area contributed by atoms with Crippen molar-refractivity contribution >= 4 is 17.5 Å². The van der Waals surface area contributed by atoms with Crippen molar-refractivity contribution in [3.63, 3.8) is 0 Å². The summed E-state index contributed by atoms with van der Waals surface area (Å²) in [4.78, 5) is 39.8. The molecule has 152 valence electrons. The number of allylic oxidation sites excluding steroid dienone is 1. The molecule has 0 unspecified atom stereocenters. The highest BCUT2D eigenvalue weighted by Crippen LogP contribution is 2.48. The summed E-state index contributed by atoms with van der Waals surface area (Å²) in [5.74, 6) is -0.101. The van der Waals surface area contributed by atoms with E-state index in [1.807, 2.05) is 12.1 Å². The third-order valence-corrected chi connectivity index (χ3v) is 5.94. The lowest BCUT2D eigenvalue weighted by atomic mass is 9.66. The number of hydrogen-bond donors (Lipinski definition) is 0. The molecule has 0 N–H and O–H groups in total. The van der Waals surface area contributed by atoms with Crippen LogP contribution in [0.3, 0.4) is 0 Å². The Kier molecular flexibility index (Phi) is 4.33. The monoisotopic (exact) mass is 410 g/mol. The van der Waals surface area contributed by atoms with Crippen LogP contribution in [-0.4, -0.2) is 24.6 Å². The fraction of sp³-hybridized carbons (Fsp3) is 0.115. The van der Waals surface area contributed by atoms with Crippen LogP contribution in [0, 0.1) is 0 Å². The van der Waals surface area contributed by atoms with E-state index in [4.69, 9.17) is 9.47 Å². The molecule has 0 fully saturated rings. The molecule has 0 saturated heterocycles. The molecule has 5 heteroatoms. The number of carbonyl (C=O) groups excluding carboxylic acids is 3. The lowest BCUT2D eigenvalue weighted by molar-refractivity contribution is -0.136. The molecule has 0 radical (unpaired) electrons. The van der Waals surface area contributed by atoms with Gasteiger partial charge in [-0.1, -0.05) is 54.6 Å². The summed E-state index contributed by atoms with van der Waals surface area (Å²) in [7, 11) is 1.58. The number of rotatable bonds is 4. The average Bonchev–Trinajstić information content (AvgIpc) is 3.08. The lowest BCUT2D eigenvalue weighted by Gasteiger charge is -2.30. The second kappa shape index (κ2) is 7.06. The van der Waals surface area contributed by atoms with Crippen molar-refractivity contribution in [1.29, 1.82) is 0 Å². The molecule has 3 aromatic carbocycles. The quantitative estimate of drug-likeness (QED) is 0.478. The third-order valence-electron chi connectivity index (χ3n) is 5.94. The van der Waals surface area contributed by atoms with Crippen LogP contribution in [0.4, 0.5) is 0 Å². The van der Waals surface area contributed by atoms with Gasteiger partial charge in [0.25, 0.3) is 0 Å². The van der Waals surface area contributed by atoms with Crippen LogP contribution in [-0.2, 0) is 16.6 Å². The number of hydrogen-bond acceptors (Lipinski definition) is 5. The number of fused-ring (bicyclic) bond motifs is 2. The molecular formula is C26H18O5. The summed E-state index contributed by atoms with van der Waals surface area (Å²) in [5.41, 5.74) is 0.775. The molecular weight excluding hydrogens is 392 g/mol. The normalized spacial score (nSPS) is 19.4. The number of ether oxygens (including phenoxy) is 2. The number of Topliss-reactive ketones (excluding diaryl/α,β-unsaturated/α-hetero) is 1. The number of methoxy groups -OCH3 is 1. The largest absolute Gasteiger partial charge is 0.497 e. The van der Waals surface area contributed by atoms with Crippen LogP contribution in [0.5, 0.6) is 11.5 Å². The van der Waals surface area contributed by atoms with Crippen LogP contribution in [0.2, 0.25) is 0 Å². The van der Waals surface area contributed by atoms with Crippen molar-refractivity contribution in [2.75, 3.05) is 7.11 Å². The Morgan fingerprint density at radius 1 is 0.839 bits per heavy atom. The minimum atomic E-state index is -1.41. The first-order valence-corrected chi connectivity index (χ1v) is 9.89. The van der Waals surface area contributed by atoms with Gasteiger partial charge in [-0.05, 0) is 36.3 Å². The van der Waals surface area contributed by atoms with E-state index < -0.39 is 11.4 Å². The molecule has 1 atom stereocenters. The first-order chi connectivity index (χ1) is 15.0. The van der Waals surface area contributed by atoms with Gasteiger partial charge in [0.1, 0.15) is 16.9 Å². The molecule has 31 heavy (non-hydrogen) atoms. The Labute approximate surface area is 178 Å². The Morgan fingerprint density at radius 3 is 2.26 bits per heavy atom. The topological polar surface area (TPSA) is 69.7 Å². The fourth-order valence-corrected chi connectivity index (χ4v) is 4.40. The highest BCUT2D eigenvalue weighted by atomic mass is 16.5. The van der Waals surface area contributed by atoms with Gasteiger partial charge in [-0.25, -0.2) is 0 Å². The Balaban J connectivity index is 1.72. The van der Waals surface area contributed by atoms with Crippen LogP contribution in [0.25, 0.3) is 0 Å². The van der Waals surface area contributed by atoms with E-state index in [-0.39, 0.29) is 23.6 Å². The van der Waals surface area contributed by atoms with E-state index in [9.17, 15) is 14.4 Å². The molecule has 5 rings (SSSR count). The van der Waals surface area contributed by atoms with Gasteiger partial charge in [0.05, 0.1) is 7.11 Å². The maximum atomic E-state index is 13.6. The van der Waals surface area contributed by atoms with Crippen molar-refractivity contribution in [2.45, 2.75) is 11.8 Å². The number of esters is 1. The summed E-state index contributed by atoms with van der Waals surface area (Å²) in [6.45, 7) is 0. The van der Waals surface area contributed by atoms with E-state index in [2.05, 4.69) is 0 Å². The molecule has 0 spiro atoms. The Hall–Kier alpha value is -3.99. The zero-order valence-corrected chi connectivity index (χ0v) is 16.8. The lowest BCUT2D eigenvalue weighted by Crippen LogP contribution is -2.42. The van der Waals surface area contributed by atoms with Crippen molar-refractivity contribution < 1.29 is 23.9 Å². The predicted molar refractivity (Wildman–Crippen MR) is 114 cm³/mol. The molecule has 1 aliphatic carbocycles. The zero-order valence-electron chi connectivity index (χ0n) is 16.8. The van der Waals surface area contributed by atoms with Crippen molar-refractivity contribution in [3.05, 3.63) is 107 Å². The van der Waals surface area contributed by atoms with E-state index in [0.717, 1.165) is 5.56 Å². The number of carbonyl (C=O) groups is 3. The highest BCUT2D eigenvalue weighted by molar-refractivity contribution is 6.27. The van der Waals surface area contributed by atoms with Gasteiger partial charge in [0.2, 0.25) is 0 Å². The van der Waals surface area contributed by atoms with Gasteiger partial charge in [0.15, 0.2) is 11.6 Å². The molecule has 1 heterocycles. The minimum absolute atomic E-state index is 0.141. The average molecular weight is 410 g/mol. The van der Waals surface area contributed by atoms with E-state index in [0.29, 0.717) is 28.2 Å². The summed E-state index contributed by atoms with van der Waals surface area (Å²) in [6, 6.07) is 21.0. The van der Waals surface area contributed by atoms with E-state index >= 15 is 0 Å². The standard InChI is InChI=1S/C26H18O5/c1-30-17-12-10-16(11-13-17)15-26(20-8-4-5-9-23(20)31-25(26)29)21-14-22(27)18-6-2-3-7-19(18)24(21)28/h2-14H,15H2,1H3/t26-/m1/s1. The molecule has 3 aromatic rings. The Morgan fingerprint density at radius 2 is 1.52 bits per heavy atom. The maximum absolute atomic E-state index is 13.6.